The number of hydrogen-bond donors (Lipinski definition) is 1. The number of nitrogens with one attached hydrogen (secondary N) is 1. The Labute approximate surface area is 215 Å². The van der Waals surface area contributed by atoms with Gasteiger partial charge in [0.25, 0.3) is 0 Å². The molecule has 0 aromatic heterocycles. The Balaban J connectivity index is 1.51. The molecule has 0 heterocycles. The van der Waals surface area contributed by atoms with Crippen molar-refractivity contribution in [1.29, 1.82) is 0 Å². The molecular weight excluding hydrogens is 455 g/mol. The summed E-state index contributed by atoms with van der Waals surface area (Å²) in [6.07, 6.45) is 18.6. The molecule has 1 amide bonds. The van der Waals surface area contributed by atoms with Crippen LogP contribution in [0.5, 0.6) is 5.75 Å². The van der Waals surface area contributed by atoms with Gasteiger partial charge in [-0.3, -0.25) is 4.79 Å². The quantitative estimate of drug-likeness (QED) is 0.0748. The summed E-state index contributed by atoms with van der Waals surface area (Å²) >= 11 is 0. The minimum atomic E-state index is -0.755. The van der Waals surface area contributed by atoms with Crippen molar-refractivity contribution in [3.05, 3.63) is 65.5 Å². The van der Waals surface area contributed by atoms with Crippen LogP contribution in [0.3, 0.4) is 0 Å². The fourth-order valence-corrected chi connectivity index (χ4v) is 3.95. The SMILES string of the molecule is CCCCCCCCCCCCCCCC(=O)N/N=C/c1ccc(OC(=O)c2ccccc2F)cc1. The maximum absolute atomic E-state index is 13.7. The number of hydrogen-bond acceptors (Lipinski definition) is 4. The summed E-state index contributed by atoms with van der Waals surface area (Å²) in [7, 11) is 0. The maximum Gasteiger partial charge on any atom is 0.346 e. The molecule has 0 bridgehead atoms. The Morgan fingerprint density at radius 3 is 1.94 bits per heavy atom. The highest BCUT2D eigenvalue weighted by molar-refractivity contribution is 5.91. The highest BCUT2D eigenvalue weighted by Gasteiger charge is 2.13. The second-order valence-corrected chi connectivity index (χ2v) is 9.22. The Kier molecular flexibility index (Phi) is 14.8. The van der Waals surface area contributed by atoms with E-state index < -0.39 is 11.8 Å². The molecule has 0 atom stereocenters. The number of benzene rings is 2. The van der Waals surface area contributed by atoms with Crippen LogP contribution in [0.1, 0.15) is 113 Å². The summed E-state index contributed by atoms with van der Waals surface area (Å²) in [6, 6.07) is 12.3. The minimum Gasteiger partial charge on any atom is -0.423 e. The van der Waals surface area contributed by atoms with Gasteiger partial charge < -0.3 is 4.74 Å². The molecule has 0 saturated carbocycles. The largest absolute Gasteiger partial charge is 0.423 e. The van der Waals surface area contributed by atoms with Gasteiger partial charge in [-0.15, -0.1) is 0 Å². The van der Waals surface area contributed by atoms with Gasteiger partial charge in [0.05, 0.1) is 11.8 Å². The van der Waals surface area contributed by atoms with Gasteiger partial charge in [0.15, 0.2) is 0 Å². The molecule has 196 valence electrons. The summed E-state index contributed by atoms with van der Waals surface area (Å²) < 4.78 is 18.9. The number of halogens is 1. The van der Waals surface area contributed by atoms with Crippen molar-refractivity contribution in [3.63, 3.8) is 0 Å². The Morgan fingerprint density at radius 1 is 0.806 bits per heavy atom. The van der Waals surface area contributed by atoms with E-state index in [-0.39, 0.29) is 11.5 Å². The van der Waals surface area contributed by atoms with Crippen LogP contribution < -0.4 is 10.2 Å². The van der Waals surface area contributed by atoms with E-state index in [1.165, 1.54) is 95.0 Å². The summed E-state index contributed by atoms with van der Waals surface area (Å²) in [5, 5.41) is 3.99. The first-order valence-corrected chi connectivity index (χ1v) is 13.5. The molecule has 0 fully saturated rings. The molecule has 6 heteroatoms. The zero-order valence-corrected chi connectivity index (χ0v) is 21.6. The van der Waals surface area contributed by atoms with Crippen molar-refractivity contribution in [2.24, 2.45) is 5.10 Å². The number of unbranched alkanes of at least 4 members (excludes halogenated alkanes) is 12. The van der Waals surface area contributed by atoms with E-state index >= 15 is 0 Å². The molecule has 0 saturated heterocycles. The third-order valence-corrected chi connectivity index (χ3v) is 6.09. The summed E-state index contributed by atoms with van der Waals surface area (Å²) in [5.74, 6) is -1.17. The molecule has 36 heavy (non-hydrogen) atoms. The third-order valence-electron chi connectivity index (χ3n) is 6.09. The predicted octanol–water partition coefficient (Wildman–Crippen LogP) is 7.98. The Hall–Kier alpha value is -3.02. The predicted molar refractivity (Wildman–Crippen MR) is 144 cm³/mol. The molecule has 0 unspecified atom stereocenters. The molecule has 2 aromatic carbocycles. The normalized spacial score (nSPS) is 11.1. The van der Waals surface area contributed by atoms with Gasteiger partial charge in [-0.05, 0) is 48.4 Å². The maximum atomic E-state index is 13.7. The van der Waals surface area contributed by atoms with Crippen LogP contribution >= 0.6 is 0 Å². The van der Waals surface area contributed by atoms with Crippen LogP contribution in [0.4, 0.5) is 4.39 Å². The van der Waals surface area contributed by atoms with Crippen LogP contribution in [0.15, 0.2) is 53.6 Å². The van der Waals surface area contributed by atoms with Gasteiger partial charge in [0.1, 0.15) is 11.6 Å². The number of ether oxygens (including phenoxy) is 1. The van der Waals surface area contributed by atoms with Gasteiger partial charge in [0, 0.05) is 6.42 Å². The number of nitrogens with zero attached hydrogens (tertiary/aromatic N) is 1. The molecular formula is C30H41FN2O3. The highest BCUT2D eigenvalue weighted by Crippen LogP contribution is 2.16. The molecule has 0 spiro atoms. The van der Waals surface area contributed by atoms with E-state index in [9.17, 15) is 14.0 Å². The first-order chi connectivity index (χ1) is 17.6. The van der Waals surface area contributed by atoms with Crippen molar-refractivity contribution < 1.29 is 18.7 Å². The zero-order valence-electron chi connectivity index (χ0n) is 21.6. The average molecular weight is 497 g/mol. The lowest BCUT2D eigenvalue weighted by atomic mass is 10.0. The molecule has 0 aliphatic heterocycles. The van der Waals surface area contributed by atoms with Crippen molar-refractivity contribution in [1.82, 2.24) is 5.43 Å². The van der Waals surface area contributed by atoms with E-state index in [0.717, 1.165) is 18.4 Å². The fourth-order valence-electron chi connectivity index (χ4n) is 3.95. The van der Waals surface area contributed by atoms with Crippen LogP contribution in [-0.2, 0) is 4.79 Å². The number of rotatable bonds is 18. The number of hydrazone groups is 1. The van der Waals surface area contributed by atoms with Crippen molar-refractivity contribution in [2.75, 3.05) is 0 Å². The lowest BCUT2D eigenvalue weighted by Gasteiger charge is -2.05. The Bertz CT molecular complexity index is 928. The standard InChI is InChI=1S/C30H41FN2O3/c1-2-3-4-5-6-7-8-9-10-11-12-13-14-19-29(34)33-32-24-25-20-22-26(23-21-25)36-30(35)27-17-15-16-18-28(27)31/h15-18,20-24H,2-14,19H2,1H3,(H,33,34)/b32-24+. The van der Waals surface area contributed by atoms with Gasteiger partial charge in [-0.25, -0.2) is 14.6 Å². The summed E-state index contributed by atoms with van der Waals surface area (Å²) in [4.78, 5) is 24.0. The van der Waals surface area contributed by atoms with Crippen LogP contribution in [0.2, 0.25) is 0 Å². The second-order valence-electron chi connectivity index (χ2n) is 9.22. The topological polar surface area (TPSA) is 67.8 Å². The van der Waals surface area contributed by atoms with E-state index in [1.54, 1.807) is 30.3 Å². The van der Waals surface area contributed by atoms with Crippen molar-refractivity contribution in [3.8, 4) is 5.75 Å². The second kappa shape index (κ2) is 18.3. The molecule has 1 N–H and O–H groups in total. The zero-order chi connectivity index (χ0) is 25.8. The van der Waals surface area contributed by atoms with Gasteiger partial charge in [-0.2, -0.15) is 5.10 Å². The minimum absolute atomic E-state index is 0.0928. The van der Waals surface area contributed by atoms with E-state index in [4.69, 9.17) is 4.74 Å². The first kappa shape index (κ1) is 29.2. The van der Waals surface area contributed by atoms with Gasteiger partial charge >= 0.3 is 5.97 Å². The number of amides is 1. The lowest BCUT2D eigenvalue weighted by Crippen LogP contribution is -2.16. The van der Waals surface area contributed by atoms with Crippen LogP contribution in [-0.4, -0.2) is 18.1 Å². The highest BCUT2D eigenvalue weighted by atomic mass is 19.1. The number of carbonyl (C=O) groups excluding carboxylic acids is 2. The monoisotopic (exact) mass is 496 g/mol. The van der Waals surface area contributed by atoms with E-state index in [1.807, 2.05) is 0 Å². The molecule has 2 rings (SSSR count). The van der Waals surface area contributed by atoms with Gasteiger partial charge in [0.2, 0.25) is 5.91 Å². The smallest absolute Gasteiger partial charge is 0.346 e. The van der Waals surface area contributed by atoms with Crippen molar-refractivity contribution >= 4 is 18.1 Å². The summed E-state index contributed by atoms with van der Waals surface area (Å²) in [6.45, 7) is 2.25. The molecule has 0 aliphatic rings. The average Bonchev–Trinajstić information content (AvgIpc) is 2.88. The van der Waals surface area contributed by atoms with E-state index in [2.05, 4.69) is 17.5 Å². The Morgan fingerprint density at radius 2 is 1.36 bits per heavy atom. The summed E-state index contributed by atoms with van der Waals surface area (Å²) in [5.41, 5.74) is 3.17. The first-order valence-electron chi connectivity index (χ1n) is 13.5. The number of esters is 1. The molecule has 0 radical (unpaired) electrons. The molecule has 0 aliphatic carbocycles. The molecule has 5 nitrogen and oxygen atoms in total. The fraction of sp³-hybridized carbons (Fsp3) is 0.500. The number of carbonyl (C=O) groups is 2. The third kappa shape index (κ3) is 12.6. The van der Waals surface area contributed by atoms with E-state index in [0.29, 0.717) is 12.2 Å². The lowest BCUT2D eigenvalue weighted by molar-refractivity contribution is -0.121. The molecule has 2 aromatic rings. The van der Waals surface area contributed by atoms with Crippen LogP contribution in [0, 0.1) is 5.82 Å². The van der Waals surface area contributed by atoms with Gasteiger partial charge in [-0.1, -0.05) is 96.1 Å². The van der Waals surface area contributed by atoms with Crippen molar-refractivity contribution in [2.45, 2.75) is 96.8 Å². The van der Waals surface area contributed by atoms with Crippen LogP contribution in [0.25, 0.3) is 0 Å².